The number of phenols is 1. The molecule has 1 amide bonds. The van der Waals surface area contributed by atoms with Crippen LogP contribution in [0.1, 0.15) is 40.1 Å². The van der Waals surface area contributed by atoms with Gasteiger partial charge in [-0.15, -0.1) is 0 Å². The van der Waals surface area contributed by atoms with Gasteiger partial charge < -0.3 is 20.0 Å². The highest BCUT2D eigenvalue weighted by atomic mass is 79.9. The maximum atomic E-state index is 13.5. The van der Waals surface area contributed by atoms with Crippen molar-refractivity contribution in [2.24, 2.45) is 5.73 Å². The largest absolute Gasteiger partial charge is 0.506 e. The number of hydrogen-bond donors (Lipinski definition) is 2. The van der Waals surface area contributed by atoms with Gasteiger partial charge in [-0.25, -0.2) is 0 Å². The van der Waals surface area contributed by atoms with Gasteiger partial charge in [-0.2, -0.15) is 0 Å². The van der Waals surface area contributed by atoms with Crippen molar-refractivity contribution in [1.29, 1.82) is 0 Å². The average molecular weight is 587 g/mol. The van der Waals surface area contributed by atoms with Gasteiger partial charge in [-0.3, -0.25) is 9.59 Å². The number of ketones is 1. The van der Waals surface area contributed by atoms with Crippen molar-refractivity contribution in [1.82, 2.24) is 0 Å². The summed E-state index contributed by atoms with van der Waals surface area (Å²) < 4.78 is 12.8. The number of halogens is 2. The quantitative estimate of drug-likeness (QED) is 0.225. The number of hydrogen-bond acceptors (Lipinski definition) is 5. The Morgan fingerprint density at radius 3 is 2.38 bits per heavy atom. The van der Waals surface area contributed by atoms with Crippen molar-refractivity contribution in [2.45, 2.75) is 25.9 Å². The molecule has 6 nitrogen and oxygen atoms in total. The number of primary amides is 1. The van der Waals surface area contributed by atoms with E-state index in [1.807, 2.05) is 30.3 Å². The highest BCUT2D eigenvalue weighted by Gasteiger charge is 2.24. The van der Waals surface area contributed by atoms with Gasteiger partial charge in [0, 0.05) is 29.9 Å². The van der Waals surface area contributed by atoms with Crippen molar-refractivity contribution < 1.29 is 23.8 Å². The first kappa shape index (κ1) is 24.0. The Labute approximate surface area is 213 Å². The number of phenolic OH excluding ortho intramolecular Hbond substituents is 1. The van der Waals surface area contributed by atoms with E-state index in [2.05, 4.69) is 31.9 Å². The van der Waals surface area contributed by atoms with Crippen LogP contribution in [0.15, 0.2) is 74.0 Å². The van der Waals surface area contributed by atoms with Gasteiger partial charge in [-0.1, -0.05) is 30.3 Å². The fourth-order valence-corrected chi connectivity index (χ4v) is 4.83. The second-order valence-electron chi connectivity index (χ2n) is 7.77. The molecular formula is C26H21Br2NO5. The van der Waals surface area contributed by atoms with Crippen LogP contribution >= 0.6 is 31.9 Å². The number of furan rings is 1. The third-order valence-corrected chi connectivity index (χ3v) is 6.52. The van der Waals surface area contributed by atoms with Crippen molar-refractivity contribution in [3.05, 3.63) is 92.1 Å². The minimum atomic E-state index is -0.410. The summed E-state index contributed by atoms with van der Waals surface area (Å²) in [6.07, 6.45) is 1.02. The van der Waals surface area contributed by atoms with E-state index in [4.69, 9.17) is 14.9 Å². The third-order valence-electron chi connectivity index (χ3n) is 5.32. The zero-order valence-electron chi connectivity index (χ0n) is 18.0. The first-order valence-corrected chi connectivity index (χ1v) is 12.1. The molecule has 0 aliphatic rings. The summed E-state index contributed by atoms with van der Waals surface area (Å²) >= 11 is 6.55. The normalized spacial score (nSPS) is 11.0. The maximum absolute atomic E-state index is 13.5. The lowest BCUT2D eigenvalue weighted by Gasteiger charge is -2.07. The Balaban J connectivity index is 1.70. The Hall–Kier alpha value is -3.10. The predicted octanol–water partition coefficient (Wildman–Crippen LogP) is 6.28. The van der Waals surface area contributed by atoms with Crippen LogP contribution in [0.5, 0.6) is 11.5 Å². The molecule has 4 aromatic rings. The number of amides is 1. The van der Waals surface area contributed by atoms with E-state index in [0.29, 0.717) is 62.0 Å². The molecule has 1 heterocycles. The Kier molecular flexibility index (Phi) is 7.38. The van der Waals surface area contributed by atoms with Crippen LogP contribution < -0.4 is 10.5 Å². The Morgan fingerprint density at radius 1 is 1.00 bits per heavy atom. The molecule has 0 radical (unpaired) electrons. The second kappa shape index (κ2) is 10.4. The van der Waals surface area contributed by atoms with Gasteiger partial charge in [0.15, 0.2) is 5.78 Å². The van der Waals surface area contributed by atoms with E-state index in [-0.39, 0.29) is 18.0 Å². The number of nitrogens with two attached hydrogens (primary N) is 1. The van der Waals surface area contributed by atoms with Crippen molar-refractivity contribution >= 4 is 54.5 Å². The van der Waals surface area contributed by atoms with Crippen LogP contribution in [0.3, 0.4) is 0 Å². The zero-order valence-corrected chi connectivity index (χ0v) is 21.2. The maximum Gasteiger partial charge on any atom is 0.217 e. The molecule has 0 aliphatic carbocycles. The van der Waals surface area contributed by atoms with Gasteiger partial charge >= 0.3 is 0 Å². The summed E-state index contributed by atoms with van der Waals surface area (Å²) in [5.41, 5.74) is 7.62. The smallest absolute Gasteiger partial charge is 0.217 e. The Morgan fingerprint density at radius 2 is 1.71 bits per heavy atom. The molecule has 0 spiro atoms. The molecule has 0 saturated carbocycles. The summed E-state index contributed by atoms with van der Waals surface area (Å²) in [6.45, 7) is 0.403. The fraction of sp³-hybridized carbons (Fsp3) is 0.154. The van der Waals surface area contributed by atoms with E-state index in [1.165, 1.54) is 0 Å². The molecule has 3 aromatic carbocycles. The zero-order chi connectivity index (χ0) is 24.2. The topological polar surface area (TPSA) is 103 Å². The summed E-state index contributed by atoms with van der Waals surface area (Å²) in [4.78, 5) is 24.8. The van der Waals surface area contributed by atoms with Crippen LogP contribution in [-0.2, 0) is 17.8 Å². The molecule has 8 heteroatoms. The number of ether oxygens (including phenoxy) is 1. The van der Waals surface area contributed by atoms with Gasteiger partial charge in [0.05, 0.1) is 14.5 Å². The van der Waals surface area contributed by atoms with E-state index >= 15 is 0 Å². The molecule has 0 unspecified atom stereocenters. The summed E-state index contributed by atoms with van der Waals surface area (Å²) in [7, 11) is 0. The molecule has 1 aromatic heterocycles. The van der Waals surface area contributed by atoms with E-state index in [1.54, 1.807) is 30.3 Å². The average Bonchev–Trinajstić information content (AvgIpc) is 3.18. The van der Waals surface area contributed by atoms with Crippen molar-refractivity contribution in [3.63, 3.8) is 0 Å². The lowest BCUT2D eigenvalue weighted by Crippen LogP contribution is -2.10. The fourth-order valence-electron chi connectivity index (χ4n) is 3.65. The number of aryl methyl sites for hydroxylation is 1. The van der Waals surface area contributed by atoms with Gasteiger partial charge in [-0.05, 0) is 68.1 Å². The van der Waals surface area contributed by atoms with Crippen LogP contribution in [0, 0.1) is 0 Å². The van der Waals surface area contributed by atoms with Crippen LogP contribution in [0.4, 0.5) is 0 Å². The van der Waals surface area contributed by atoms with Crippen LogP contribution in [0.25, 0.3) is 11.0 Å². The highest BCUT2D eigenvalue weighted by molar-refractivity contribution is 9.11. The third kappa shape index (κ3) is 5.34. The van der Waals surface area contributed by atoms with E-state index in [9.17, 15) is 14.7 Å². The summed E-state index contributed by atoms with van der Waals surface area (Å²) in [6, 6.07) is 18.3. The number of carbonyl (C=O) groups excluding carboxylic acids is 2. The number of benzene rings is 3. The standard InChI is InChI=1S/C26H21Br2NO5/c27-19-11-16(12-20(28)26(19)32)25(31)24-18-10-9-17(33-14-15-5-2-1-3-6-15)13-22(18)34-21(24)7-4-8-23(29)30/h1-3,5-6,9-13,32H,4,7-8,14H2,(H2,29,30). The predicted molar refractivity (Wildman–Crippen MR) is 136 cm³/mol. The molecule has 0 aliphatic heterocycles. The molecular weight excluding hydrogens is 566 g/mol. The minimum absolute atomic E-state index is 0.00971. The lowest BCUT2D eigenvalue weighted by molar-refractivity contribution is -0.118. The number of rotatable bonds is 9. The summed E-state index contributed by atoms with van der Waals surface area (Å²) in [5, 5.41) is 10.7. The molecule has 174 valence electrons. The SMILES string of the molecule is NC(=O)CCCc1oc2cc(OCc3ccccc3)ccc2c1C(=O)c1cc(Br)c(O)c(Br)c1. The Bertz CT molecular complexity index is 1340. The van der Waals surface area contributed by atoms with E-state index < -0.39 is 5.91 Å². The second-order valence-corrected chi connectivity index (χ2v) is 9.48. The molecule has 0 saturated heterocycles. The van der Waals surface area contributed by atoms with Gasteiger partial charge in [0.25, 0.3) is 0 Å². The molecule has 0 bridgehead atoms. The van der Waals surface area contributed by atoms with Gasteiger partial charge in [0.2, 0.25) is 5.91 Å². The van der Waals surface area contributed by atoms with E-state index in [0.717, 1.165) is 5.56 Å². The summed E-state index contributed by atoms with van der Waals surface area (Å²) in [5.74, 6) is 0.430. The molecule has 0 atom stereocenters. The highest BCUT2D eigenvalue weighted by Crippen LogP contribution is 2.36. The first-order chi connectivity index (χ1) is 16.3. The first-order valence-electron chi connectivity index (χ1n) is 10.6. The molecule has 4 rings (SSSR count). The molecule has 0 fully saturated rings. The monoisotopic (exact) mass is 585 g/mol. The number of aromatic hydroxyl groups is 1. The van der Waals surface area contributed by atoms with Crippen molar-refractivity contribution in [2.75, 3.05) is 0 Å². The van der Waals surface area contributed by atoms with Crippen LogP contribution in [-0.4, -0.2) is 16.8 Å². The molecule has 34 heavy (non-hydrogen) atoms. The lowest BCUT2D eigenvalue weighted by atomic mass is 9.98. The number of fused-ring (bicyclic) bond motifs is 1. The van der Waals surface area contributed by atoms with Gasteiger partial charge in [0.1, 0.15) is 29.4 Å². The van der Waals surface area contributed by atoms with Crippen molar-refractivity contribution in [3.8, 4) is 11.5 Å². The van der Waals surface area contributed by atoms with Crippen LogP contribution in [0.2, 0.25) is 0 Å². The molecule has 3 N–H and O–H groups in total. The minimum Gasteiger partial charge on any atom is -0.506 e. The number of carbonyl (C=O) groups is 2.